The molecule has 0 spiro atoms. The van der Waals surface area contributed by atoms with Crippen LogP contribution in [-0.4, -0.2) is 9.55 Å². The first kappa shape index (κ1) is 18.9. The van der Waals surface area contributed by atoms with Gasteiger partial charge in [-0.15, -0.1) is 24.8 Å². The van der Waals surface area contributed by atoms with E-state index in [-0.39, 0.29) is 36.7 Å². The molecule has 7 heteroatoms. The number of hydrogen-bond donors (Lipinski definition) is 1. The summed E-state index contributed by atoms with van der Waals surface area (Å²) >= 11 is 3.31. The Morgan fingerprint density at radius 2 is 1.77 bits per heavy atom. The summed E-state index contributed by atoms with van der Waals surface area (Å²) in [7, 11) is 0. The zero-order chi connectivity index (χ0) is 14.3. The van der Waals surface area contributed by atoms with Crippen molar-refractivity contribution < 1.29 is 4.39 Å². The van der Waals surface area contributed by atoms with E-state index in [1.54, 1.807) is 6.07 Å². The van der Waals surface area contributed by atoms with Gasteiger partial charge in [-0.3, -0.25) is 4.57 Å². The molecule has 1 heterocycles. The second kappa shape index (κ2) is 7.42. The lowest BCUT2D eigenvalue weighted by molar-refractivity contribution is 0.622. The Morgan fingerprint density at radius 1 is 1.14 bits per heavy atom. The lowest BCUT2D eigenvalue weighted by atomic mass is 10.2. The first-order valence-electron chi connectivity index (χ1n) is 6.27. The average molecular weight is 407 g/mol. The molecule has 0 saturated carbocycles. The minimum Gasteiger partial charge on any atom is -0.322 e. The predicted octanol–water partition coefficient (Wildman–Crippen LogP) is 4.79. The second-order valence-corrected chi connectivity index (χ2v) is 5.45. The maximum Gasteiger partial charge on any atom is 0.139 e. The van der Waals surface area contributed by atoms with Crippen LogP contribution < -0.4 is 5.73 Å². The third-order valence-corrected chi connectivity index (χ3v) is 3.91. The molecule has 0 fully saturated rings. The molecule has 0 radical (unpaired) electrons. The fourth-order valence-electron chi connectivity index (χ4n) is 2.26. The molecule has 3 rings (SSSR count). The molecule has 0 aliphatic heterocycles. The van der Waals surface area contributed by atoms with Gasteiger partial charge in [0.05, 0.1) is 21.5 Å². The Kier molecular flexibility index (Phi) is 6.38. The van der Waals surface area contributed by atoms with Crippen molar-refractivity contribution in [2.24, 2.45) is 5.73 Å². The van der Waals surface area contributed by atoms with Crippen LogP contribution in [0.2, 0.25) is 0 Å². The van der Waals surface area contributed by atoms with Crippen LogP contribution in [0.3, 0.4) is 0 Å². The Balaban J connectivity index is 0.00000121. The molecule has 2 N–H and O–H groups in total. The van der Waals surface area contributed by atoms with Gasteiger partial charge in [0.2, 0.25) is 0 Å². The first-order valence-corrected chi connectivity index (χ1v) is 7.06. The molecular formula is C15H15BrCl2FN3. The highest BCUT2D eigenvalue weighted by atomic mass is 79.9. The van der Waals surface area contributed by atoms with Crippen molar-refractivity contribution in [2.45, 2.75) is 13.0 Å². The van der Waals surface area contributed by atoms with Crippen LogP contribution in [0, 0.1) is 5.82 Å². The van der Waals surface area contributed by atoms with E-state index in [9.17, 15) is 4.39 Å². The summed E-state index contributed by atoms with van der Waals surface area (Å²) in [6.45, 7) is 1.87. The van der Waals surface area contributed by atoms with Crippen LogP contribution in [0.5, 0.6) is 0 Å². The molecule has 0 bridgehead atoms. The molecule has 0 aliphatic rings. The highest BCUT2D eigenvalue weighted by Gasteiger charge is 2.19. The zero-order valence-electron chi connectivity index (χ0n) is 11.7. The number of fused-ring (bicyclic) bond motifs is 1. The Hall–Kier alpha value is -1.14. The van der Waals surface area contributed by atoms with E-state index in [4.69, 9.17) is 5.73 Å². The minimum absolute atomic E-state index is 0. The number of aromatic nitrogens is 2. The molecule has 0 aliphatic carbocycles. The van der Waals surface area contributed by atoms with E-state index < -0.39 is 0 Å². The quantitative estimate of drug-likeness (QED) is 0.664. The van der Waals surface area contributed by atoms with Crippen LogP contribution in [-0.2, 0) is 0 Å². The third-order valence-electron chi connectivity index (χ3n) is 3.16. The molecule has 2 aromatic carbocycles. The van der Waals surface area contributed by atoms with Crippen molar-refractivity contribution in [3.05, 3.63) is 58.6 Å². The summed E-state index contributed by atoms with van der Waals surface area (Å²) in [5.74, 6) is 0.392. The standard InChI is InChI=1S/C15H13BrFN3.2ClH/c1-9(18)15-19-12-8-7-11(17)13(16)14(12)20(15)10-5-3-2-4-6-10;;/h2-9H,18H2,1H3;2*1H/t9-;;/m0../s1. The Bertz CT molecular complexity index is 775. The van der Waals surface area contributed by atoms with E-state index in [0.29, 0.717) is 15.8 Å². The lowest BCUT2D eigenvalue weighted by Crippen LogP contribution is -2.12. The maximum absolute atomic E-state index is 13.8. The number of imidazole rings is 1. The largest absolute Gasteiger partial charge is 0.322 e. The Labute approximate surface area is 148 Å². The summed E-state index contributed by atoms with van der Waals surface area (Å²) in [6, 6.07) is 12.5. The van der Waals surface area contributed by atoms with E-state index in [1.807, 2.05) is 41.8 Å². The molecule has 118 valence electrons. The number of benzene rings is 2. The van der Waals surface area contributed by atoms with Gasteiger partial charge in [-0.05, 0) is 47.1 Å². The van der Waals surface area contributed by atoms with Gasteiger partial charge in [-0.2, -0.15) is 0 Å². The van der Waals surface area contributed by atoms with Gasteiger partial charge in [-0.25, -0.2) is 9.37 Å². The number of para-hydroxylation sites is 1. The van der Waals surface area contributed by atoms with Crippen molar-refractivity contribution in [2.75, 3.05) is 0 Å². The molecule has 1 atom stereocenters. The summed E-state index contributed by atoms with van der Waals surface area (Å²) < 4.78 is 16.1. The SMILES string of the molecule is C[C@H](N)c1nc2ccc(F)c(Br)c2n1-c1ccccc1.Cl.Cl. The van der Waals surface area contributed by atoms with E-state index in [0.717, 1.165) is 11.2 Å². The van der Waals surface area contributed by atoms with Crippen LogP contribution in [0.25, 0.3) is 16.7 Å². The Morgan fingerprint density at radius 3 is 2.36 bits per heavy atom. The maximum atomic E-state index is 13.8. The van der Waals surface area contributed by atoms with Crippen LogP contribution in [0.4, 0.5) is 4.39 Å². The van der Waals surface area contributed by atoms with E-state index in [1.165, 1.54) is 6.07 Å². The van der Waals surface area contributed by atoms with Gasteiger partial charge in [0.25, 0.3) is 0 Å². The number of rotatable bonds is 2. The van der Waals surface area contributed by atoms with Crippen LogP contribution >= 0.6 is 40.7 Å². The van der Waals surface area contributed by atoms with E-state index in [2.05, 4.69) is 20.9 Å². The van der Waals surface area contributed by atoms with Crippen molar-refractivity contribution in [3.8, 4) is 5.69 Å². The molecule has 1 aromatic heterocycles. The molecule has 3 nitrogen and oxygen atoms in total. The summed E-state index contributed by atoms with van der Waals surface area (Å²) in [4.78, 5) is 4.53. The van der Waals surface area contributed by atoms with Crippen LogP contribution in [0.15, 0.2) is 46.9 Å². The van der Waals surface area contributed by atoms with Crippen molar-refractivity contribution >= 4 is 51.8 Å². The highest BCUT2D eigenvalue weighted by molar-refractivity contribution is 9.10. The normalized spacial score (nSPS) is 11.6. The van der Waals surface area contributed by atoms with Gasteiger partial charge in [0.1, 0.15) is 11.6 Å². The minimum atomic E-state index is -0.314. The van der Waals surface area contributed by atoms with Gasteiger partial charge < -0.3 is 5.73 Å². The number of nitrogens with two attached hydrogens (primary N) is 1. The molecule has 3 aromatic rings. The van der Waals surface area contributed by atoms with Gasteiger partial charge in [0.15, 0.2) is 0 Å². The number of nitrogens with zero attached hydrogens (tertiary/aromatic N) is 2. The van der Waals surface area contributed by atoms with Gasteiger partial charge in [-0.1, -0.05) is 18.2 Å². The fourth-order valence-corrected chi connectivity index (χ4v) is 2.78. The fraction of sp³-hybridized carbons (Fsp3) is 0.133. The average Bonchev–Trinajstić information content (AvgIpc) is 2.84. The summed E-state index contributed by atoms with van der Waals surface area (Å²) in [6.07, 6.45) is 0. The van der Waals surface area contributed by atoms with Crippen molar-refractivity contribution in [1.29, 1.82) is 0 Å². The lowest BCUT2D eigenvalue weighted by Gasteiger charge is -2.12. The monoisotopic (exact) mass is 405 g/mol. The second-order valence-electron chi connectivity index (χ2n) is 4.66. The highest BCUT2D eigenvalue weighted by Crippen LogP contribution is 2.31. The number of halogens is 4. The van der Waals surface area contributed by atoms with Crippen molar-refractivity contribution in [1.82, 2.24) is 9.55 Å². The molecule has 0 unspecified atom stereocenters. The third kappa shape index (κ3) is 3.13. The van der Waals surface area contributed by atoms with Crippen molar-refractivity contribution in [3.63, 3.8) is 0 Å². The predicted molar refractivity (Wildman–Crippen MR) is 95.8 cm³/mol. The summed E-state index contributed by atoms with van der Waals surface area (Å²) in [5, 5.41) is 0. The number of hydrogen-bond acceptors (Lipinski definition) is 2. The molecule has 22 heavy (non-hydrogen) atoms. The topological polar surface area (TPSA) is 43.8 Å². The zero-order valence-corrected chi connectivity index (χ0v) is 14.9. The molecular weight excluding hydrogens is 392 g/mol. The molecule has 0 saturated heterocycles. The van der Waals surface area contributed by atoms with Crippen LogP contribution in [0.1, 0.15) is 18.8 Å². The van der Waals surface area contributed by atoms with E-state index >= 15 is 0 Å². The molecule has 0 amide bonds. The smallest absolute Gasteiger partial charge is 0.139 e. The van der Waals surface area contributed by atoms with Gasteiger partial charge in [0, 0.05) is 5.69 Å². The first-order chi connectivity index (χ1) is 9.59. The van der Waals surface area contributed by atoms with Gasteiger partial charge >= 0.3 is 0 Å². The summed E-state index contributed by atoms with van der Waals surface area (Å²) in [5.41, 5.74) is 8.34.